The second-order valence-electron chi connectivity index (χ2n) is 9.33. The molecule has 0 nitrogen and oxygen atoms in total. The van der Waals surface area contributed by atoms with E-state index in [9.17, 15) is 0 Å². The molecule has 1 rings (SSSR count). The lowest BCUT2D eigenvalue weighted by atomic mass is 9.13. The molecule has 0 atom stereocenters. The Bertz CT molecular complexity index is 685. The third-order valence-corrected chi connectivity index (χ3v) is 5.40. The maximum absolute atomic E-state index is 6.52. The van der Waals surface area contributed by atoms with Crippen LogP contribution in [-0.2, 0) is 16.0 Å². The van der Waals surface area contributed by atoms with Crippen molar-refractivity contribution >= 4 is 110 Å². The first-order chi connectivity index (χ1) is 12.8. The van der Waals surface area contributed by atoms with Gasteiger partial charge in [0.15, 0.2) is 0 Å². The van der Waals surface area contributed by atoms with Crippen molar-refractivity contribution in [3.63, 3.8) is 0 Å². The van der Waals surface area contributed by atoms with Gasteiger partial charge in [-0.3, -0.25) is 0 Å². The summed E-state index contributed by atoms with van der Waals surface area (Å²) >= 11 is 0. The van der Waals surface area contributed by atoms with E-state index in [4.69, 9.17) is 110 Å². The quantitative estimate of drug-likeness (QED) is 0.520. The van der Waals surface area contributed by atoms with Gasteiger partial charge in [0.1, 0.15) is 0 Å². The highest BCUT2D eigenvalue weighted by Crippen LogP contribution is 2.57. The largest absolute Gasteiger partial charge is 0.130 e. The van der Waals surface area contributed by atoms with Crippen LogP contribution < -0.4 is 0 Å². The second-order valence-corrected chi connectivity index (χ2v) is 9.33. The average molecular weight is 356 g/mol. The fourth-order valence-electron chi connectivity index (χ4n) is 3.70. The summed E-state index contributed by atoms with van der Waals surface area (Å²) in [6.07, 6.45) is 0. The SMILES string of the molecule is [B]C([B])([B])C([B])(c1cccc(C([B])(C([B])([B])[B])C([B])([B])[B])c1C(C)(C)C)C([B])([B])[B]. The van der Waals surface area contributed by atoms with Gasteiger partial charge in [0.05, 0.1) is 110 Å². The third kappa shape index (κ3) is 4.46. The van der Waals surface area contributed by atoms with Gasteiger partial charge >= 0.3 is 0 Å². The minimum atomic E-state index is -2.20. The van der Waals surface area contributed by atoms with E-state index in [2.05, 4.69) is 0 Å². The van der Waals surface area contributed by atoms with Crippen LogP contribution in [0.15, 0.2) is 18.2 Å². The van der Waals surface area contributed by atoms with Crippen molar-refractivity contribution in [2.75, 3.05) is 0 Å². The molecule has 0 heterocycles. The molecule has 0 saturated carbocycles. The van der Waals surface area contributed by atoms with E-state index >= 15 is 0 Å². The van der Waals surface area contributed by atoms with Gasteiger partial charge in [-0.25, -0.2) is 0 Å². The Hall–Kier alpha value is 0.129. The van der Waals surface area contributed by atoms with Crippen LogP contribution >= 0.6 is 0 Å². The van der Waals surface area contributed by atoms with Crippen molar-refractivity contribution in [3.8, 4) is 0 Å². The van der Waals surface area contributed by atoms with Crippen LogP contribution in [0.3, 0.4) is 0 Å². The van der Waals surface area contributed by atoms with E-state index in [1.54, 1.807) is 0 Å². The molecule has 0 spiro atoms. The van der Waals surface area contributed by atoms with Gasteiger partial charge in [-0.05, 0) is 22.1 Å². The molecular weight excluding hydrogens is 344 g/mol. The summed E-state index contributed by atoms with van der Waals surface area (Å²) in [6.45, 7) is 5.43. The Morgan fingerprint density at radius 3 is 0.867 bits per heavy atom. The first-order valence-electron chi connectivity index (χ1n) is 9.04. The summed E-state index contributed by atoms with van der Waals surface area (Å²) in [7, 11) is 84.9. The molecule has 0 aliphatic rings. The normalized spacial score (nSPS) is 15.0. The zero-order chi connectivity index (χ0) is 24.4. The zero-order valence-electron chi connectivity index (χ0n) is 17.8. The van der Waals surface area contributed by atoms with Gasteiger partial charge in [-0.1, -0.05) is 49.6 Å². The lowest BCUT2D eigenvalue weighted by Crippen LogP contribution is -2.56. The highest BCUT2D eigenvalue weighted by atomic mass is 14.4. The lowest BCUT2D eigenvalue weighted by molar-refractivity contribution is 0.515. The molecule has 118 valence electrons. The van der Waals surface area contributed by atoms with Crippen LogP contribution in [0.4, 0.5) is 0 Å². The fourth-order valence-corrected chi connectivity index (χ4v) is 3.70. The third-order valence-electron chi connectivity index (χ3n) is 5.40. The molecule has 1 aromatic rings. The molecular formula is C16H12B14. The smallest absolute Gasteiger partial charge is 0.0766 e. The van der Waals surface area contributed by atoms with Crippen molar-refractivity contribution in [2.24, 2.45) is 0 Å². The standard InChI is InChI=1S/C16H12B14/c1-10(2,3)9-7(11(17,13(19,20)21)14(22,23)24)5-4-6-8(9)12(18,15(25,26)27)16(28,29)30/h4-6H,1-3H3. The first-order valence-corrected chi connectivity index (χ1v) is 9.04. The molecule has 0 fully saturated rings. The van der Waals surface area contributed by atoms with Gasteiger partial charge in [0, 0.05) is 0 Å². The topological polar surface area (TPSA) is 0 Å². The van der Waals surface area contributed by atoms with Crippen LogP contribution in [0.5, 0.6) is 0 Å². The first kappa shape index (κ1) is 28.2. The zero-order valence-corrected chi connectivity index (χ0v) is 17.8. The van der Waals surface area contributed by atoms with Crippen molar-refractivity contribution in [3.05, 3.63) is 34.9 Å². The van der Waals surface area contributed by atoms with Gasteiger partial charge in [-0.15, -0.1) is 20.5 Å². The fraction of sp³-hybridized carbons (Fsp3) is 0.625. The molecule has 0 amide bonds. The maximum atomic E-state index is 6.52. The van der Waals surface area contributed by atoms with Gasteiger partial charge in [0.2, 0.25) is 0 Å². The summed E-state index contributed by atoms with van der Waals surface area (Å²) in [4.78, 5) is 0. The van der Waals surface area contributed by atoms with Crippen molar-refractivity contribution in [1.29, 1.82) is 0 Å². The van der Waals surface area contributed by atoms with E-state index in [-0.39, 0.29) is 11.1 Å². The average Bonchev–Trinajstić information content (AvgIpc) is 2.47. The number of benzene rings is 1. The molecule has 1 aromatic carbocycles. The molecule has 30 heavy (non-hydrogen) atoms. The lowest BCUT2D eigenvalue weighted by Gasteiger charge is -2.60. The Balaban J connectivity index is 4.33. The van der Waals surface area contributed by atoms with Crippen LogP contribution in [0, 0.1) is 0 Å². The van der Waals surface area contributed by atoms with E-state index in [1.165, 1.54) is 18.2 Å². The van der Waals surface area contributed by atoms with Crippen molar-refractivity contribution in [1.82, 2.24) is 0 Å². The van der Waals surface area contributed by atoms with E-state index in [0.29, 0.717) is 5.56 Å². The summed E-state index contributed by atoms with van der Waals surface area (Å²) < 4.78 is 0. The van der Waals surface area contributed by atoms with Crippen LogP contribution in [-0.4, -0.2) is 110 Å². The van der Waals surface area contributed by atoms with Gasteiger partial charge in [-0.2, -0.15) is 0 Å². The number of rotatable bonds is 6. The van der Waals surface area contributed by atoms with Crippen LogP contribution in [0.25, 0.3) is 0 Å². The summed E-state index contributed by atoms with van der Waals surface area (Å²) in [6, 6.07) is 4.57. The second kappa shape index (κ2) is 7.87. The summed E-state index contributed by atoms with van der Waals surface area (Å²) in [5.41, 5.74) is -0.122. The molecule has 28 radical (unpaired) electrons. The van der Waals surface area contributed by atoms with Crippen LogP contribution in [0.1, 0.15) is 37.5 Å². The van der Waals surface area contributed by atoms with Gasteiger partial charge in [0.25, 0.3) is 0 Å². The molecule has 0 saturated heterocycles. The van der Waals surface area contributed by atoms with E-state index in [1.807, 2.05) is 20.8 Å². The summed E-state index contributed by atoms with van der Waals surface area (Å²) in [5.74, 6) is 0. The van der Waals surface area contributed by atoms with Crippen LogP contribution in [0.2, 0.25) is 20.5 Å². The minimum absolute atomic E-state index is 0.149. The molecule has 14 heteroatoms. The minimum Gasteiger partial charge on any atom is -0.130 e. The Labute approximate surface area is 201 Å². The monoisotopic (exact) mass is 358 g/mol. The Morgan fingerprint density at radius 1 is 0.467 bits per heavy atom. The molecule has 0 aliphatic carbocycles. The Kier molecular flexibility index (Phi) is 7.38. The molecule has 0 aromatic heterocycles. The van der Waals surface area contributed by atoms with Crippen molar-refractivity contribution in [2.45, 2.75) is 57.3 Å². The number of hydrogen-bond donors (Lipinski definition) is 0. The van der Waals surface area contributed by atoms with Gasteiger partial charge < -0.3 is 0 Å². The van der Waals surface area contributed by atoms with Crippen molar-refractivity contribution < 1.29 is 0 Å². The number of hydrogen-bond acceptors (Lipinski definition) is 0. The highest BCUT2D eigenvalue weighted by Gasteiger charge is 2.50. The predicted octanol–water partition coefficient (Wildman–Crippen LogP) is -1.97. The maximum Gasteiger partial charge on any atom is 0.0766 e. The summed E-state index contributed by atoms with van der Waals surface area (Å²) in [5, 5.41) is -13.0. The predicted molar refractivity (Wildman–Crippen MR) is 140 cm³/mol. The van der Waals surface area contributed by atoms with E-state index in [0.717, 1.165) is 0 Å². The molecule has 0 bridgehead atoms. The van der Waals surface area contributed by atoms with E-state index < -0.39 is 36.5 Å². The molecule has 0 N–H and O–H groups in total. The molecule has 0 unspecified atom stereocenters. The molecule has 0 aliphatic heterocycles. The highest BCUT2D eigenvalue weighted by molar-refractivity contribution is 6.70. The Morgan fingerprint density at radius 2 is 0.700 bits per heavy atom.